The summed E-state index contributed by atoms with van der Waals surface area (Å²) in [4.78, 5) is 27.5. The molecule has 2 aliphatic carbocycles. The van der Waals surface area contributed by atoms with Gasteiger partial charge in [-0.2, -0.15) is 0 Å². The average molecular weight is 320 g/mol. The summed E-state index contributed by atoms with van der Waals surface area (Å²) in [5.41, 5.74) is 1.43. The minimum absolute atomic E-state index is 0.172. The molecule has 3 rings (SSSR count). The van der Waals surface area contributed by atoms with Gasteiger partial charge in [-0.05, 0) is 30.1 Å². The zero-order chi connectivity index (χ0) is 15.9. The molecule has 0 bridgehead atoms. The number of carbonyl (C=O) groups excluding carboxylic acids is 2. The maximum absolute atomic E-state index is 12.1. The van der Waals surface area contributed by atoms with Gasteiger partial charge in [-0.3, -0.25) is 4.79 Å². The zero-order valence-corrected chi connectivity index (χ0v) is 13.8. The largest absolute Gasteiger partial charge is 0.465 e. The van der Waals surface area contributed by atoms with Gasteiger partial charge in [0.25, 0.3) is 0 Å². The number of esters is 1. The van der Waals surface area contributed by atoms with E-state index in [1.165, 1.54) is 44.6 Å². The van der Waals surface area contributed by atoms with Crippen molar-refractivity contribution in [2.45, 2.75) is 33.1 Å². The molecule has 1 heterocycles. The van der Waals surface area contributed by atoms with Crippen LogP contribution in [0.1, 0.15) is 38.8 Å². The summed E-state index contributed by atoms with van der Waals surface area (Å²) in [5.74, 6) is 0.573. The summed E-state index contributed by atoms with van der Waals surface area (Å²) >= 11 is 1.31. The number of nitrogens with one attached hydrogen (secondary N) is 1. The molecule has 1 aromatic rings. The number of methoxy groups -OCH3 is 1. The van der Waals surface area contributed by atoms with E-state index in [0.717, 1.165) is 0 Å². The number of rotatable bonds is 4. The topological polar surface area (TPSA) is 68.3 Å². The Kier molecular flexibility index (Phi) is 3.80. The molecule has 2 fully saturated rings. The molecular formula is C16H20N2O3S. The lowest BCUT2D eigenvalue weighted by Crippen LogP contribution is -2.08. The second-order valence-corrected chi connectivity index (χ2v) is 7.18. The van der Waals surface area contributed by atoms with Crippen molar-refractivity contribution in [2.24, 2.45) is 17.3 Å². The first-order valence-corrected chi connectivity index (χ1v) is 8.37. The molecule has 5 nitrogen and oxygen atoms in total. The molecule has 3 unspecified atom stereocenters. The molecule has 0 radical (unpaired) electrons. The summed E-state index contributed by atoms with van der Waals surface area (Å²) in [6.07, 6.45) is 5.77. The van der Waals surface area contributed by atoms with Crippen molar-refractivity contribution in [3.8, 4) is 0 Å². The third-order valence-corrected chi connectivity index (χ3v) is 5.74. The van der Waals surface area contributed by atoms with Gasteiger partial charge >= 0.3 is 5.97 Å². The molecule has 3 atom stereocenters. The Labute approximate surface area is 133 Å². The Balaban J connectivity index is 1.86. The van der Waals surface area contributed by atoms with Crippen LogP contribution in [0.5, 0.6) is 0 Å². The van der Waals surface area contributed by atoms with Crippen molar-refractivity contribution in [1.82, 2.24) is 4.98 Å². The molecule has 0 aliphatic heterocycles. The smallest absolute Gasteiger partial charge is 0.339 e. The molecule has 0 spiro atoms. The normalized spacial score (nSPS) is 29.9. The first-order valence-electron chi connectivity index (χ1n) is 7.49. The minimum atomic E-state index is -0.367. The molecule has 1 amide bonds. The quantitative estimate of drug-likeness (QED) is 0.684. The van der Waals surface area contributed by atoms with Gasteiger partial charge in [0.2, 0.25) is 5.91 Å². The third-order valence-electron chi connectivity index (χ3n) is 4.98. The average Bonchev–Trinajstić information content (AvgIpc) is 2.86. The number of aromatic nitrogens is 1. The lowest BCUT2D eigenvalue weighted by Gasteiger charge is -2.07. The number of fused-ring (bicyclic) bond motifs is 1. The number of hydrogen-bond acceptors (Lipinski definition) is 5. The van der Waals surface area contributed by atoms with Crippen molar-refractivity contribution in [1.29, 1.82) is 0 Å². The van der Waals surface area contributed by atoms with Crippen molar-refractivity contribution in [2.75, 3.05) is 12.4 Å². The van der Waals surface area contributed by atoms with E-state index in [1.807, 2.05) is 6.08 Å². The molecule has 1 N–H and O–H groups in total. The fraction of sp³-hybridized carbons (Fsp3) is 0.562. The number of thiazole rings is 1. The zero-order valence-electron chi connectivity index (χ0n) is 13.0. The molecule has 0 saturated heterocycles. The van der Waals surface area contributed by atoms with Crippen LogP contribution in [0.4, 0.5) is 5.13 Å². The fourth-order valence-electron chi connectivity index (χ4n) is 3.72. The van der Waals surface area contributed by atoms with E-state index in [-0.39, 0.29) is 11.9 Å². The van der Waals surface area contributed by atoms with Gasteiger partial charge in [-0.25, -0.2) is 9.78 Å². The van der Waals surface area contributed by atoms with E-state index in [0.29, 0.717) is 33.6 Å². The van der Waals surface area contributed by atoms with Crippen LogP contribution >= 0.6 is 11.3 Å². The summed E-state index contributed by atoms with van der Waals surface area (Å²) in [6.45, 7) is 3.73. The summed E-state index contributed by atoms with van der Waals surface area (Å²) < 4.78 is 4.91. The van der Waals surface area contributed by atoms with E-state index < -0.39 is 0 Å². The highest BCUT2D eigenvalue weighted by Crippen LogP contribution is 2.69. The maximum Gasteiger partial charge on any atom is 0.339 e. The lowest BCUT2D eigenvalue weighted by molar-refractivity contribution is -0.133. The lowest BCUT2D eigenvalue weighted by atomic mass is 10.00. The molecule has 22 heavy (non-hydrogen) atoms. The van der Waals surface area contributed by atoms with Crippen molar-refractivity contribution >= 4 is 33.9 Å². The van der Waals surface area contributed by atoms with Crippen LogP contribution in [-0.2, 0) is 14.3 Å². The second-order valence-electron chi connectivity index (χ2n) is 6.32. The van der Waals surface area contributed by atoms with Gasteiger partial charge in [0.15, 0.2) is 5.13 Å². The highest BCUT2D eigenvalue weighted by Gasteiger charge is 2.62. The van der Waals surface area contributed by atoms with Crippen LogP contribution in [0.15, 0.2) is 11.5 Å². The summed E-state index contributed by atoms with van der Waals surface area (Å²) in [7, 11) is 1.38. The number of nitrogens with zero attached hydrogens (tertiary/aromatic N) is 1. The third kappa shape index (κ3) is 2.56. The van der Waals surface area contributed by atoms with Crippen LogP contribution in [-0.4, -0.2) is 24.0 Å². The first kappa shape index (κ1) is 15.2. The summed E-state index contributed by atoms with van der Waals surface area (Å²) in [5, 5.41) is 4.93. The Morgan fingerprint density at radius 2 is 2.32 bits per heavy atom. The van der Waals surface area contributed by atoms with Crippen LogP contribution < -0.4 is 5.32 Å². The van der Waals surface area contributed by atoms with E-state index in [4.69, 9.17) is 4.74 Å². The van der Waals surface area contributed by atoms with E-state index in [9.17, 15) is 9.59 Å². The number of amides is 1. The van der Waals surface area contributed by atoms with Gasteiger partial charge in [0.1, 0.15) is 0 Å². The van der Waals surface area contributed by atoms with Gasteiger partial charge in [0, 0.05) is 12.3 Å². The van der Waals surface area contributed by atoms with E-state index >= 15 is 0 Å². The highest BCUT2D eigenvalue weighted by atomic mass is 32.1. The maximum atomic E-state index is 12.1. The van der Waals surface area contributed by atoms with Crippen LogP contribution in [0, 0.1) is 17.3 Å². The van der Waals surface area contributed by atoms with Gasteiger partial charge in [-0.15, -0.1) is 11.3 Å². The Bertz CT molecular complexity index is 652. The van der Waals surface area contributed by atoms with Crippen molar-refractivity contribution in [3.05, 3.63) is 17.2 Å². The highest BCUT2D eigenvalue weighted by molar-refractivity contribution is 7.14. The molecule has 2 saturated carbocycles. The Morgan fingerprint density at radius 1 is 1.55 bits per heavy atom. The monoisotopic (exact) mass is 320 g/mol. The van der Waals surface area contributed by atoms with Crippen LogP contribution in [0.3, 0.4) is 0 Å². The van der Waals surface area contributed by atoms with Gasteiger partial charge in [-0.1, -0.05) is 19.4 Å². The molecular weight excluding hydrogens is 300 g/mol. The Morgan fingerprint density at radius 3 is 2.91 bits per heavy atom. The van der Waals surface area contributed by atoms with Crippen LogP contribution in [0.2, 0.25) is 0 Å². The minimum Gasteiger partial charge on any atom is -0.465 e. The number of hydrogen-bond donors (Lipinski definition) is 1. The van der Waals surface area contributed by atoms with E-state index in [1.54, 1.807) is 5.38 Å². The van der Waals surface area contributed by atoms with Crippen LogP contribution in [0.25, 0.3) is 5.57 Å². The predicted octanol–water partition coefficient (Wildman–Crippen LogP) is 3.09. The number of carbonyl (C=O) groups is 2. The Hall–Kier alpha value is -1.69. The van der Waals surface area contributed by atoms with Gasteiger partial charge in [0.05, 0.1) is 18.4 Å². The SMILES string of the molecule is COC(=O)/C(=C/C1C2CCCC12C)c1csc(NC(C)=O)n1. The van der Waals surface area contributed by atoms with Crippen molar-refractivity contribution < 1.29 is 14.3 Å². The molecule has 6 heteroatoms. The molecule has 118 valence electrons. The predicted molar refractivity (Wildman–Crippen MR) is 85.3 cm³/mol. The molecule has 1 aromatic heterocycles. The van der Waals surface area contributed by atoms with Gasteiger partial charge < -0.3 is 10.1 Å². The number of anilines is 1. The summed E-state index contributed by atoms with van der Waals surface area (Å²) in [6, 6.07) is 0. The second kappa shape index (κ2) is 5.50. The number of allylic oxidation sites excluding steroid dienone is 1. The molecule has 2 aliphatic rings. The van der Waals surface area contributed by atoms with Crippen molar-refractivity contribution in [3.63, 3.8) is 0 Å². The molecule has 0 aromatic carbocycles. The first-order chi connectivity index (χ1) is 10.5. The number of ether oxygens (including phenoxy) is 1. The standard InChI is InChI=1S/C16H20N2O3S/c1-9(19)17-15-18-13(8-22-15)10(14(20)21-3)7-12-11-5-4-6-16(11,12)2/h7-8,11-12H,4-6H2,1-3H3,(H,17,18,19)/b10-7+. The van der Waals surface area contributed by atoms with E-state index in [2.05, 4.69) is 17.2 Å². The fourth-order valence-corrected chi connectivity index (χ4v) is 4.48.